The first-order valence-corrected chi connectivity index (χ1v) is 11.2. The van der Waals surface area contributed by atoms with E-state index in [1.807, 2.05) is 6.07 Å². The Bertz CT molecular complexity index is 1340. The van der Waals surface area contributed by atoms with Gasteiger partial charge in [0.15, 0.2) is 0 Å². The van der Waals surface area contributed by atoms with Gasteiger partial charge in [0.25, 0.3) is 5.91 Å². The second kappa shape index (κ2) is 9.18. The molecule has 2 aromatic carbocycles. The van der Waals surface area contributed by atoms with Crippen molar-refractivity contribution in [2.75, 3.05) is 5.32 Å². The lowest BCUT2D eigenvalue weighted by atomic mass is 10.0. The Morgan fingerprint density at radius 2 is 1.94 bits per heavy atom. The molecule has 0 aliphatic carbocycles. The van der Waals surface area contributed by atoms with E-state index in [9.17, 15) is 19.2 Å². The van der Waals surface area contributed by atoms with Gasteiger partial charge >= 0.3 is 6.03 Å². The summed E-state index contributed by atoms with van der Waals surface area (Å²) in [5.74, 6) is -1.01. The molecule has 5 rings (SSSR count). The molecule has 0 radical (unpaired) electrons. The molecule has 1 saturated heterocycles. The maximum atomic E-state index is 12.8. The fraction of sp³-hybridized carbons (Fsp3) is 0.217. The van der Waals surface area contributed by atoms with Gasteiger partial charge < -0.3 is 15.5 Å². The van der Waals surface area contributed by atoms with Crippen molar-refractivity contribution in [3.05, 3.63) is 70.5 Å². The van der Waals surface area contributed by atoms with Gasteiger partial charge in [-0.1, -0.05) is 16.8 Å². The molecular formula is C23H20ClN7O4. The zero-order chi connectivity index (χ0) is 24.5. The van der Waals surface area contributed by atoms with Crippen molar-refractivity contribution in [1.29, 1.82) is 0 Å². The average molecular weight is 494 g/mol. The molecule has 3 N–H and O–H groups in total. The van der Waals surface area contributed by atoms with Gasteiger partial charge in [-0.3, -0.25) is 19.7 Å². The highest BCUT2D eigenvalue weighted by Gasteiger charge is 2.39. The SMILES string of the molecule is O=C1CCC(N2Cc3cc(-n4cc(CNC(=O)Nc5ccc(Cl)cc5)nn4)ccc3C2=O)C(=O)N1. The lowest BCUT2D eigenvalue weighted by Crippen LogP contribution is -2.52. The molecule has 1 unspecified atom stereocenters. The first-order chi connectivity index (χ1) is 16.9. The highest BCUT2D eigenvalue weighted by atomic mass is 35.5. The van der Waals surface area contributed by atoms with Crippen LogP contribution in [0.4, 0.5) is 10.5 Å². The number of piperidine rings is 1. The van der Waals surface area contributed by atoms with E-state index >= 15 is 0 Å². The van der Waals surface area contributed by atoms with Crippen molar-refractivity contribution in [1.82, 2.24) is 30.5 Å². The second-order valence-corrected chi connectivity index (χ2v) is 8.65. The number of hydrogen-bond donors (Lipinski definition) is 3. The molecule has 2 aliphatic rings. The van der Waals surface area contributed by atoms with Crippen LogP contribution in [0.3, 0.4) is 0 Å². The smallest absolute Gasteiger partial charge is 0.319 e. The molecule has 35 heavy (non-hydrogen) atoms. The fourth-order valence-corrected chi connectivity index (χ4v) is 4.21. The number of carbonyl (C=O) groups excluding carboxylic acids is 4. The topological polar surface area (TPSA) is 138 Å². The number of fused-ring (bicyclic) bond motifs is 1. The van der Waals surface area contributed by atoms with Gasteiger partial charge in [-0.15, -0.1) is 5.10 Å². The number of anilines is 1. The van der Waals surface area contributed by atoms with Crippen LogP contribution in [0.15, 0.2) is 48.7 Å². The van der Waals surface area contributed by atoms with Crippen molar-refractivity contribution in [2.24, 2.45) is 0 Å². The summed E-state index contributed by atoms with van der Waals surface area (Å²) in [5, 5.41) is 16.5. The minimum Gasteiger partial charge on any atom is -0.332 e. The summed E-state index contributed by atoms with van der Waals surface area (Å²) in [7, 11) is 0. The minimum absolute atomic E-state index is 0.159. The molecule has 3 aromatic rings. The highest BCUT2D eigenvalue weighted by molar-refractivity contribution is 6.30. The first kappa shape index (κ1) is 22.5. The predicted molar refractivity (Wildman–Crippen MR) is 125 cm³/mol. The van der Waals surface area contributed by atoms with Gasteiger partial charge in [0.2, 0.25) is 11.8 Å². The molecule has 1 fully saturated rings. The van der Waals surface area contributed by atoms with E-state index in [0.717, 1.165) is 5.56 Å². The number of nitrogens with one attached hydrogen (secondary N) is 3. The zero-order valence-electron chi connectivity index (χ0n) is 18.3. The summed E-state index contributed by atoms with van der Waals surface area (Å²) in [6, 6.07) is 10.9. The minimum atomic E-state index is -0.667. The molecular weight excluding hydrogens is 474 g/mol. The molecule has 5 amide bonds. The van der Waals surface area contributed by atoms with Crippen LogP contribution in [-0.4, -0.2) is 49.7 Å². The summed E-state index contributed by atoms with van der Waals surface area (Å²) in [6.45, 7) is 0.425. The molecule has 3 heterocycles. The average Bonchev–Trinajstić information content (AvgIpc) is 3.44. The number of hydrogen-bond acceptors (Lipinski definition) is 6. The molecule has 11 nitrogen and oxygen atoms in total. The van der Waals surface area contributed by atoms with Crippen LogP contribution in [0.1, 0.15) is 34.5 Å². The third kappa shape index (κ3) is 4.71. The number of rotatable bonds is 5. The number of amides is 5. The molecule has 0 bridgehead atoms. The number of aromatic nitrogens is 3. The Morgan fingerprint density at radius 1 is 1.14 bits per heavy atom. The first-order valence-electron chi connectivity index (χ1n) is 10.9. The Labute approximate surface area is 204 Å². The number of imide groups is 1. The molecule has 1 atom stereocenters. The van der Waals surface area contributed by atoms with Gasteiger partial charge in [0.1, 0.15) is 11.7 Å². The largest absolute Gasteiger partial charge is 0.332 e. The van der Waals surface area contributed by atoms with Crippen molar-refractivity contribution >= 4 is 41.0 Å². The van der Waals surface area contributed by atoms with Crippen molar-refractivity contribution in [2.45, 2.75) is 32.0 Å². The number of carbonyl (C=O) groups is 4. The Morgan fingerprint density at radius 3 is 2.71 bits per heavy atom. The maximum absolute atomic E-state index is 12.8. The van der Waals surface area contributed by atoms with E-state index in [2.05, 4.69) is 26.3 Å². The van der Waals surface area contributed by atoms with Crippen molar-refractivity contribution in [3.8, 4) is 5.69 Å². The lowest BCUT2D eigenvalue weighted by molar-refractivity contribution is -0.136. The Balaban J connectivity index is 1.22. The fourth-order valence-electron chi connectivity index (χ4n) is 4.09. The van der Waals surface area contributed by atoms with Crippen LogP contribution in [0, 0.1) is 0 Å². The van der Waals surface area contributed by atoms with Gasteiger partial charge in [-0.05, 0) is 54.4 Å². The van der Waals surface area contributed by atoms with E-state index in [1.165, 1.54) is 4.90 Å². The molecule has 178 valence electrons. The number of urea groups is 1. The van der Waals surface area contributed by atoms with E-state index in [-0.39, 0.29) is 31.3 Å². The number of benzene rings is 2. The molecule has 0 saturated carbocycles. The third-order valence-corrected chi connectivity index (χ3v) is 6.10. The summed E-state index contributed by atoms with van der Waals surface area (Å²) in [4.78, 5) is 50.1. The molecule has 12 heteroatoms. The predicted octanol–water partition coefficient (Wildman–Crippen LogP) is 2.00. The van der Waals surface area contributed by atoms with Gasteiger partial charge in [-0.2, -0.15) is 0 Å². The van der Waals surface area contributed by atoms with E-state index < -0.39 is 18.0 Å². The van der Waals surface area contributed by atoms with Crippen molar-refractivity contribution in [3.63, 3.8) is 0 Å². The van der Waals surface area contributed by atoms with Gasteiger partial charge in [-0.25, -0.2) is 9.48 Å². The van der Waals surface area contributed by atoms with Gasteiger partial charge in [0, 0.05) is 29.2 Å². The molecule has 0 spiro atoms. The summed E-state index contributed by atoms with van der Waals surface area (Å²) < 4.78 is 1.55. The van der Waals surface area contributed by atoms with Crippen LogP contribution in [0.2, 0.25) is 5.02 Å². The lowest BCUT2D eigenvalue weighted by Gasteiger charge is -2.29. The second-order valence-electron chi connectivity index (χ2n) is 8.21. The summed E-state index contributed by atoms with van der Waals surface area (Å²) in [6.07, 6.45) is 2.19. The summed E-state index contributed by atoms with van der Waals surface area (Å²) in [5.41, 5.74) is 3.10. The van der Waals surface area contributed by atoms with Gasteiger partial charge in [0.05, 0.1) is 18.4 Å². The van der Waals surface area contributed by atoms with E-state index in [0.29, 0.717) is 34.1 Å². The zero-order valence-corrected chi connectivity index (χ0v) is 19.1. The van der Waals surface area contributed by atoms with Crippen LogP contribution in [0.5, 0.6) is 0 Å². The normalized spacial score (nSPS) is 17.2. The summed E-state index contributed by atoms with van der Waals surface area (Å²) >= 11 is 5.84. The third-order valence-electron chi connectivity index (χ3n) is 5.84. The maximum Gasteiger partial charge on any atom is 0.319 e. The van der Waals surface area contributed by atoms with Crippen molar-refractivity contribution < 1.29 is 19.2 Å². The highest BCUT2D eigenvalue weighted by Crippen LogP contribution is 2.29. The van der Waals surface area contributed by atoms with Crippen LogP contribution in [-0.2, 0) is 22.7 Å². The Hall–Kier alpha value is -4.25. The number of halogens is 1. The van der Waals surface area contributed by atoms with Crippen LogP contribution in [0.25, 0.3) is 5.69 Å². The van der Waals surface area contributed by atoms with E-state index in [4.69, 9.17) is 11.6 Å². The van der Waals surface area contributed by atoms with Crippen LogP contribution >= 0.6 is 11.6 Å². The molecule has 1 aromatic heterocycles. The standard InChI is InChI=1S/C23H20ClN7O4/c24-14-1-3-15(4-2-14)26-23(35)25-10-16-12-31(29-28-16)17-5-6-18-13(9-17)11-30(22(18)34)19-7-8-20(32)27-21(19)33/h1-6,9,12,19H,7-8,10-11H2,(H2,25,26,35)(H,27,32,33). The number of nitrogens with zero attached hydrogens (tertiary/aromatic N) is 4. The van der Waals surface area contributed by atoms with Crippen LogP contribution < -0.4 is 16.0 Å². The monoisotopic (exact) mass is 493 g/mol. The quantitative estimate of drug-likeness (QED) is 0.465. The molecule has 2 aliphatic heterocycles. The Kier molecular flexibility index (Phi) is 5.91. The van der Waals surface area contributed by atoms with E-state index in [1.54, 1.807) is 47.3 Å².